The minimum absolute atomic E-state index is 0.0445. The first-order valence-electron chi connectivity index (χ1n) is 13.0. The number of rotatable bonds is 4. The van der Waals surface area contributed by atoms with E-state index in [1.165, 1.54) is 44.6 Å². The number of aryl methyl sites for hydroxylation is 4. The van der Waals surface area contributed by atoms with E-state index >= 15 is 0 Å². The predicted octanol–water partition coefficient (Wildman–Crippen LogP) is 8.24. The molecule has 2 heterocycles. The molecule has 0 radical (unpaired) electrons. The topological polar surface area (TPSA) is 16.8 Å². The second kappa shape index (κ2) is 8.75. The smallest absolute Gasteiger partial charge is 0.234 e. The van der Waals surface area contributed by atoms with Crippen molar-refractivity contribution in [2.75, 3.05) is 0 Å². The minimum Gasteiger partial charge on any atom is -0.234 e. The molecule has 0 aliphatic carbocycles. The summed E-state index contributed by atoms with van der Waals surface area (Å²) in [6.07, 6.45) is 4.57. The van der Waals surface area contributed by atoms with Crippen LogP contribution in [0.1, 0.15) is 67.3 Å². The van der Waals surface area contributed by atoms with E-state index in [0.29, 0.717) is 5.92 Å². The van der Waals surface area contributed by atoms with Crippen molar-refractivity contribution in [3.05, 3.63) is 94.7 Å². The van der Waals surface area contributed by atoms with E-state index in [4.69, 9.17) is 4.98 Å². The fourth-order valence-corrected chi connectivity index (χ4v) is 6.34. The number of benzene rings is 3. The molecule has 0 bridgehead atoms. The van der Waals surface area contributed by atoms with Gasteiger partial charge in [-0.2, -0.15) is 4.57 Å². The molecular formula is C33H37N2+. The lowest BCUT2D eigenvalue weighted by molar-refractivity contribution is -0.757. The SMILES string of the molecule is CCCC1(C)C(C)c2c(C)cc(C)cc2-c2c(-c3cc(C)cc(C)c3)nc(-c3ccccc3)c[n+]21. The molecule has 35 heavy (non-hydrogen) atoms. The fraction of sp³-hybridized carbons (Fsp3) is 0.333. The van der Waals surface area contributed by atoms with Crippen LogP contribution in [0.3, 0.4) is 0 Å². The summed E-state index contributed by atoms with van der Waals surface area (Å²) in [7, 11) is 0. The Morgan fingerprint density at radius 2 is 1.51 bits per heavy atom. The normalized spacial score (nSPS) is 18.8. The van der Waals surface area contributed by atoms with Gasteiger partial charge in [0.05, 0.1) is 5.56 Å². The van der Waals surface area contributed by atoms with Crippen LogP contribution in [0.5, 0.6) is 0 Å². The van der Waals surface area contributed by atoms with Gasteiger partial charge in [-0.05, 0) is 63.4 Å². The Hall–Kier alpha value is -3.26. The van der Waals surface area contributed by atoms with Crippen molar-refractivity contribution in [2.45, 2.75) is 72.8 Å². The molecule has 0 fully saturated rings. The Balaban J connectivity index is 1.95. The third-order valence-corrected chi connectivity index (χ3v) is 7.97. The molecule has 1 aliphatic rings. The predicted molar refractivity (Wildman–Crippen MR) is 147 cm³/mol. The summed E-state index contributed by atoms with van der Waals surface area (Å²) in [4.78, 5) is 5.40. The Bertz CT molecular complexity index is 1400. The van der Waals surface area contributed by atoms with Crippen molar-refractivity contribution in [1.29, 1.82) is 0 Å². The first-order chi connectivity index (χ1) is 16.7. The van der Waals surface area contributed by atoms with E-state index in [1.807, 2.05) is 0 Å². The second-order valence-corrected chi connectivity index (χ2v) is 10.8. The van der Waals surface area contributed by atoms with Gasteiger partial charge >= 0.3 is 0 Å². The summed E-state index contributed by atoms with van der Waals surface area (Å²) < 4.78 is 2.59. The highest BCUT2D eigenvalue weighted by Crippen LogP contribution is 2.47. The van der Waals surface area contributed by atoms with Crippen molar-refractivity contribution < 1.29 is 4.57 Å². The lowest BCUT2D eigenvalue weighted by Gasteiger charge is -2.38. The highest BCUT2D eigenvalue weighted by Gasteiger charge is 2.49. The zero-order valence-electron chi connectivity index (χ0n) is 22.2. The number of hydrogen-bond donors (Lipinski definition) is 0. The molecule has 0 saturated heterocycles. The zero-order chi connectivity index (χ0) is 24.9. The molecule has 0 N–H and O–H groups in total. The van der Waals surface area contributed by atoms with E-state index in [0.717, 1.165) is 29.8 Å². The molecule has 178 valence electrons. The molecule has 0 saturated carbocycles. The van der Waals surface area contributed by atoms with Gasteiger partial charge in [0.25, 0.3) is 0 Å². The number of fused-ring (bicyclic) bond motifs is 3. The third kappa shape index (κ3) is 3.89. The number of hydrogen-bond acceptors (Lipinski definition) is 1. The average molecular weight is 462 g/mol. The van der Waals surface area contributed by atoms with Gasteiger partial charge in [-0.15, -0.1) is 0 Å². The molecule has 2 nitrogen and oxygen atoms in total. The Kier molecular flexibility index (Phi) is 5.87. The molecule has 2 atom stereocenters. The molecule has 3 aromatic carbocycles. The van der Waals surface area contributed by atoms with Crippen LogP contribution >= 0.6 is 0 Å². The van der Waals surface area contributed by atoms with E-state index in [2.05, 4.69) is 120 Å². The highest BCUT2D eigenvalue weighted by molar-refractivity contribution is 5.81. The second-order valence-electron chi connectivity index (χ2n) is 10.8. The van der Waals surface area contributed by atoms with Gasteiger partial charge < -0.3 is 0 Å². The standard InChI is InChI=1S/C33H37N2/c1-8-14-33(7)25(6)30-24(5)16-23(4)19-28(30)32-31(27-17-21(2)15-22(3)18-27)34-29(20-35(32)33)26-12-10-9-11-13-26/h9-13,15-20,25H,8,14H2,1-7H3/q+1. The van der Waals surface area contributed by atoms with Gasteiger partial charge in [-0.3, -0.25) is 0 Å². The monoisotopic (exact) mass is 461 g/mol. The summed E-state index contributed by atoms with van der Waals surface area (Å²) in [5, 5.41) is 0. The van der Waals surface area contributed by atoms with Crippen LogP contribution in [-0.4, -0.2) is 4.98 Å². The first-order valence-corrected chi connectivity index (χ1v) is 13.0. The van der Waals surface area contributed by atoms with Crippen LogP contribution in [0.4, 0.5) is 0 Å². The molecule has 2 unspecified atom stereocenters. The third-order valence-electron chi connectivity index (χ3n) is 7.97. The van der Waals surface area contributed by atoms with Gasteiger partial charge in [0.1, 0.15) is 11.4 Å². The molecule has 2 heteroatoms. The largest absolute Gasteiger partial charge is 0.239 e. The van der Waals surface area contributed by atoms with E-state index in [9.17, 15) is 0 Å². The van der Waals surface area contributed by atoms with Crippen LogP contribution in [0.25, 0.3) is 33.8 Å². The number of aromatic nitrogens is 2. The maximum absolute atomic E-state index is 5.40. The first kappa shape index (κ1) is 23.5. The van der Waals surface area contributed by atoms with Crippen LogP contribution < -0.4 is 4.57 Å². The molecule has 1 aromatic heterocycles. The van der Waals surface area contributed by atoms with Crippen LogP contribution in [0, 0.1) is 27.7 Å². The van der Waals surface area contributed by atoms with Crippen molar-refractivity contribution >= 4 is 0 Å². The molecule has 5 rings (SSSR count). The quantitative estimate of drug-likeness (QED) is 0.280. The molecule has 4 aromatic rings. The van der Waals surface area contributed by atoms with Gasteiger partial charge in [0.15, 0.2) is 11.7 Å². The summed E-state index contributed by atoms with van der Waals surface area (Å²) in [6, 6.07) is 22.2. The van der Waals surface area contributed by atoms with Gasteiger partial charge in [0, 0.05) is 30.4 Å². The van der Waals surface area contributed by atoms with Gasteiger partial charge in [-0.1, -0.05) is 73.0 Å². The van der Waals surface area contributed by atoms with E-state index in [1.54, 1.807) is 0 Å². The van der Waals surface area contributed by atoms with Crippen molar-refractivity contribution in [3.63, 3.8) is 0 Å². The van der Waals surface area contributed by atoms with E-state index < -0.39 is 0 Å². The lowest BCUT2D eigenvalue weighted by Crippen LogP contribution is -2.61. The van der Waals surface area contributed by atoms with Crippen LogP contribution in [-0.2, 0) is 5.54 Å². The van der Waals surface area contributed by atoms with Crippen molar-refractivity contribution in [3.8, 4) is 33.8 Å². The number of nitrogens with zero attached hydrogens (tertiary/aromatic N) is 2. The summed E-state index contributed by atoms with van der Waals surface area (Å²) >= 11 is 0. The Labute approximate surface area is 210 Å². The molecular weight excluding hydrogens is 424 g/mol. The summed E-state index contributed by atoms with van der Waals surface area (Å²) in [6.45, 7) is 16.0. The van der Waals surface area contributed by atoms with Gasteiger partial charge in [-0.25, -0.2) is 4.98 Å². The summed E-state index contributed by atoms with van der Waals surface area (Å²) in [5.41, 5.74) is 13.7. The summed E-state index contributed by atoms with van der Waals surface area (Å²) in [5.74, 6) is 0.397. The highest BCUT2D eigenvalue weighted by atomic mass is 15.1. The lowest BCUT2D eigenvalue weighted by atomic mass is 9.71. The van der Waals surface area contributed by atoms with Crippen molar-refractivity contribution in [1.82, 2.24) is 4.98 Å². The maximum atomic E-state index is 5.40. The van der Waals surface area contributed by atoms with Crippen LogP contribution in [0.15, 0.2) is 66.9 Å². The van der Waals surface area contributed by atoms with Gasteiger partial charge in [0.2, 0.25) is 5.69 Å². The minimum atomic E-state index is -0.0445. The molecule has 0 amide bonds. The van der Waals surface area contributed by atoms with E-state index in [-0.39, 0.29) is 5.54 Å². The molecule has 0 spiro atoms. The van der Waals surface area contributed by atoms with Crippen LogP contribution in [0.2, 0.25) is 0 Å². The Morgan fingerprint density at radius 1 is 0.857 bits per heavy atom. The zero-order valence-corrected chi connectivity index (χ0v) is 22.2. The average Bonchev–Trinajstić information content (AvgIpc) is 2.82. The Morgan fingerprint density at radius 3 is 2.17 bits per heavy atom. The van der Waals surface area contributed by atoms with Crippen molar-refractivity contribution in [2.24, 2.45) is 0 Å². The maximum Gasteiger partial charge on any atom is 0.239 e. The molecule has 1 aliphatic heterocycles. The fourth-order valence-electron chi connectivity index (χ4n) is 6.34.